The first kappa shape index (κ1) is 24.6. The van der Waals surface area contributed by atoms with Gasteiger partial charge in [-0.15, -0.1) is 0 Å². The number of benzene rings is 1. The average Bonchev–Trinajstić information content (AvgIpc) is 3.38. The summed E-state index contributed by atoms with van der Waals surface area (Å²) in [5.41, 5.74) is 0.995. The Morgan fingerprint density at radius 2 is 1.92 bits per heavy atom. The van der Waals surface area contributed by atoms with Crippen molar-refractivity contribution < 1.29 is 17.3 Å². The van der Waals surface area contributed by atoms with Crippen LogP contribution in [0.25, 0.3) is 0 Å². The minimum atomic E-state index is -3.49. The average molecular weight is 515 g/mol. The van der Waals surface area contributed by atoms with Gasteiger partial charge in [0.1, 0.15) is 23.8 Å². The molecule has 5 rings (SSSR count). The second-order valence-electron chi connectivity index (χ2n) is 10.2. The van der Waals surface area contributed by atoms with Crippen LogP contribution in [0.1, 0.15) is 62.7 Å². The van der Waals surface area contributed by atoms with Gasteiger partial charge in [-0.05, 0) is 56.7 Å². The Hall–Kier alpha value is -3.08. The van der Waals surface area contributed by atoms with Crippen molar-refractivity contribution >= 4 is 27.2 Å². The van der Waals surface area contributed by atoms with Gasteiger partial charge in [0.15, 0.2) is 15.7 Å². The summed E-state index contributed by atoms with van der Waals surface area (Å²) in [6.07, 6.45) is 7.56. The maximum atomic E-state index is 14.7. The summed E-state index contributed by atoms with van der Waals surface area (Å²) >= 11 is 0. The lowest BCUT2D eigenvalue weighted by atomic mass is 9.88. The summed E-state index contributed by atoms with van der Waals surface area (Å²) < 4.78 is 43.6. The summed E-state index contributed by atoms with van der Waals surface area (Å²) in [7, 11) is -3.49. The van der Waals surface area contributed by atoms with Crippen molar-refractivity contribution in [1.29, 1.82) is 0 Å². The Labute approximate surface area is 210 Å². The first-order valence-electron chi connectivity index (χ1n) is 12.3. The molecule has 2 aliphatic rings. The molecule has 1 N–H and O–H groups in total. The molecule has 11 heteroatoms. The van der Waals surface area contributed by atoms with Crippen LogP contribution in [0.3, 0.4) is 0 Å². The zero-order valence-electron chi connectivity index (χ0n) is 20.9. The Morgan fingerprint density at radius 1 is 1.19 bits per heavy atom. The van der Waals surface area contributed by atoms with Gasteiger partial charge < -0.3 is 14.7 Å². The van der Waals surface area contributed by atoms with Gasteiger partial charge in [0.25, 0.3) is 0 Å². The molecule has 2 fully saturated rings. The molecule has 9 nitrogen and oxygen atoms in total. The predicted molar refractivity (Wildman–Crippen MR) is 134 cm³/mol. The molecule has 2 aliphatic heterocycles. The predicted octanol–water partition coefficient (Wildman–Crippen LogP) is 4.57. The standard InChI is InChI=1S/C25H31FN6O3S/c1-14(2)23-30-22(35-31-23)11-16-9-17-5-6-18(10-16)32(17)25-15(3)24(27-13-28-25)29-21-8-7-19(12-20(21)26)36(4,33)34/h7-8,12-14,16-18H,5-6,9-11H2,1-4H3,(H,27,28,29). The van der Waals surface area contributed by atoms with Crippen molar-refractivity contribution in [2.45, 2.75) is 75.8 Å². The van der Waals surface area contributed by atoms with Crippen LogP contribution in [0, 0.1) is 18.7 Å². The van der Waals surface area contributed by atoms with Crippen LogP contribution in [0.15, 0.2) is 33.9 Å². The fourth-order valence-electron chi connectivity index (χ4n) is 5.42. The Morgan fingerprint density at radius 3 is 2.53 bits per heavy atom. The molecule has 0 amide bonds. The van der Waals surface area contributed by atoms with E-state index in [-0.39, 0.29) is 16.5 Å². The third-order valence-corrected chi connectivity index (χ3v) is 8.33. The monoisotopic (exact) mass is 514 g/mol. The minimum absolute atomic E-state index is 0.0638. The molecule has 1 aromatic carbocycles. The molecule has 0 saturated carbocycles. The number of piperidine rings is 1. The van der Waals surface area contributed by atoms with E-state index < -0.39 is 15.7 Å². The van der Waals surface area contributed by atoms with Crippen molar-refractivity contribution in [2.24, 2.45) is 5.92 Å². The molecule has 0 radical (unpaired) electrons. The second-order valence-corrected chi connectivity index (χ2v) is 12.3. The summed E-state index contributed by atoms with van der Waals surface area (Å²) in [6.45, 7) is 6.04. The summed E-state index contributed by atoms with van der Waals surface area (Å²) in [5.74, 6) is 2.89. The highest BCUT2D eigenvalue weighted by molar-refractivity contribution is 7.90. The molecule has 0 spiro atoms. The fourth-order valence-corrected chi connectivity index (χ4v) is 6.05. The first-order chi connectivity index (χ1) is 17.1. The van der Waals surface area contributed by atoms with Crippen LogP contribution in [-0.2, 0) is 16.3 Å². The zero-order chi connectivity index (χ0) is 25.6. The lowest BCUT2D eigenvalue weighted by Crippen LogP contribution is -2.44. The van der Waals surface area contributed by atoms with E-state index in [4.69, 9.17) is 4.52 Å². The molecule has 2 saturated heterocycles. The molecule has 2 unspecified atom stereocenters. The lowest BCUT2D eigenvalue weighted by molar-refractivity contribution is 0.293. The number of rotatable bonds is 7. The third kappa shape index (κ3) is 4.80. The number of halogens is 1. The fraction of sp³-hybridized carbons (Fsp3) is 0.520. The van der Waals surface area contributed by atoms with Gasteiger partial charge in [0.05, 0.1) is 10.6 Å². The minimum Gasteiger partial charge on any atom is -0.350 e. The van der Waals surface area contributed by atoms with Crippen LogP contribution >= 0.6 is 0 Å². The zero-order valence-corrected chi connectivity index (χ0v) is 21.7. The Balaban J connectivity index is 1.33. The number of hydrogen-bond acceptors (Lipinski definition) is 9. The van der Waals surface area contributed by atoms with Gasteiger partial charge in [-0.2, -0.15) is 4.98 Å². The second kappa shape index (κ2) is 9.42. The summed E-state index contributed by atoms with van der Waals surface area (Å²) in [5, 5.41) is 7.13. The van der Waals surface area contributed by atoms with Gasteiger partial charge >= 0.3 is 0 Å². The van der Waals surface area contributed by atoms with Crippen LogP contribution in [0.5, 0.6) is 0 Å². The molecule has 2 aromatic heterocycles. The van der Waals surface area contributed by atoms with E-state index in [9.17, 15) is 12.8 Å². The molecule has 192 valence electrons. The Kier molecular flexibility index (Phi) is 6.44. The van der Waals surface area contributed by atoms with Gasteiger partial charge in [-0.1, -0.05) is 19.0 Å². The molecule has 36 heavy (non-hydrogen) atoms. The highest BCUT2D eigenvalue weighted by Crippen LogP contribution is 2.43. The van der Waals surface area contributed by atoms with Gasteiger partial charge in [-0.3, -0.25) is 0 Å². The normalized spacial score (nSPS) is 21.8. The van der Waals surface area contributed by atoms with Crippen LogP contribution in [-0.4, -0.2) is 46.9 Å². The molecule has 4 heterocycles. The van der Waals surface area contributed by atoms with Crippen LogP contribution in [0.2, 0.25) is 0 Å². The third-order valence-electron chi connectivity index (χ3n) is 7.22. The van der Waals surface area contributed by atoms with Crippen molar-refractivity contribution in [1.82, 2.24) is 20.1 Å². The SMILES string of the molecule is Cc1c(Nc2ccc(S(C)(=O)=O)cc2F)ncnc1N1C2CCC1CC(Cc1nc(C(C)C)no1)C2. The van der Waals surface area contributed by atoms with Crippen molar-refractivity contribution in [3.63, 3.8) is 0 Å². The van der Waals surface area contributed by atoms with Crippen LogP contribution in [0.4, 0.5) is 21.7 Å². The largest absolute Gasteiger partial charge is 0.350 e. The van der Waals surface area contributed by atoms with E-state index in [1.165, 1.54) is 18.5 Å². The van der Waals surface area contributed by atoms with Crippen molar-refractivity contribution in [2.75, 3.05) is 16.5 Å². The quantitative estimate of drug-likeness (QED) is 0.484. The first-order valence-corrected chi connectivity index (χ1v) is 14.2. The van der Waals surface area contributed by atoms with E-state index in [2.05, 4.69) is 44.2 Å². The van der Waals surface area contributed by atoms with Gasteiger partial charge in [0.2, 0.25) is 5.89 Å². The highest BCUT2D eigenvalue weighted by Gasteiger charge is 2.42. The van der Waals surface area contributed by atoms with Crippen LogP contribution < -0.4 is 10.2 Å². The maximum Gasteiger partial charge on any atom is 0.226 e. The molecule has 2 atom stereocenters. The molecule has 3 aromatic rings. The maximum absolute atomic E-state index is 14.7. The van der Waals surface area contributed by atoms with E-state index >= 15 is 0 Å². The number of sulfone groups is 1. The number of fused-ring (bicyclic) bond motifs is 2. The number of hydrogen-bond donors (Lipinski definition) is 1. The smallest absolute Gasteiger partial charge is 0.226 e. The van der Waals surface area contributed by atoms with E-state index in [1.54, 1.807) is 0 Å². The van der Waals surface area contributed by atoms with Gasteiger partial charge in [-0.25, -0.2) is 22.8 Å². The van der Waals surface area contributed by atoms with E-state index in [1.807, 2.05) is 6.92 Å². The van der Waals surface area contributed by atoms with Crippen molar-refractivity contribution in [3.05, 3.63) is 47.6 Å². The summed E-state index contributed by atoms with van der Waals surface area (Å²) in [6, 6.07) is 4.54. The number of nitrogens with one attached hydrogen (secondary N) is 1. The van der Waals surface area contributed by atoms with Gasteiger partial charge in [0, 0.05) is 36.2 Å². The number of nitrogens with zero attached hydrogens (tertiary/aromatic N) is 5. The van der Waals surface area contributed by atoms with E-state index in [0.717, 1.165) is 61.6 Å². The number of anilines is 3. The highest BCUT2D eigenvalue weighted by atomic mass is 32.2. The van der Waals surface area contributed by atoms with E-state index in [0.29, 0.717) is 29.7 Å². The summed E-state index contributed by atoms with van der Waals surface area (Å²) in [4.78, 5) is 15.8. The lowest BCUT2D eigenvalue weighted by Gasteiger charge is -2.40. The molecular formula is C25H31FN6O3S. The number of aromatic nitrogens is 4. The van der Waals surface area contributed by atoms with Crippen molar-refractivity contribution in [3.8, 4) is 0 Å². The Bertz CT molecular complexity index is 1360. The molecular weight excluding hydrogens is 483 g/mol. The molecule has 2 bridgehead atoms. The molecule has 0 aliphatic carbocycles. The topological polar surface area (TPSA) is 114 Å².